The summed E-state index contributed by atoms with van der Waals surface area (Å²) in [5.41, 5.74) is 2.30. The van der Waals surface area contributed by atoms with E-state index in [1.54, 1.807) is 37.3 Å². The minimum absolute atomic E-state index is 0.0763. The number of fused-ring (bicyclic) bond motifs is 1. The lowest BCUT2D eigenvalue weighted by molar-refractivity contribution is -0.384. The molecule has 13 heteroatoms. The third-order valence-corrected chi connectivity index (χ3v) is 6.59. The van der Waals surface area contributed by atoms with E-state index >= 15 is 0 Å². The van der Waals surface area contributed by atoms with Crippen LogP contribution in [0.25, 0.3) is 22.0 Å². The van der Waals surface area contributed by atoms with E-state index in [-0.39, 0.29) is 46.0 Å². The van der Waals surface area contributed by atoms with Crippen molar-refractivity contribution in [3.05, 3.63) is 123 Å². The van der Waals surface area contributed by atoms with Gasteiger partial charge >= 0.3 is 12.1 Å². The van der Waals surface area contributed by atoms with E-state index in [0.717, 1.165) is 6.07 Å². The van der Waals surface area contributed by atoms with Gasteiger partial charge in [-0.15, -0.1) is 0 Å². The van der Waals surface area contributed by atoms with Crippen LogP contribution in [-0.4, -0.2) is 34.6 Å². The zero-order valence-electron chi connectivity index (χ0n) is 23.4. The van der Waals surface area contributed by atoms with Crippen molar-refractivity contribution in [2.75, 3.05) is 6.61 Å². The van der Waals surface area contributed by atoms with Crippen molar-refractivity contribution in [2.24, 2.45) is 5.10 Å². The number of para-hydroxylation sites is 1. The number of esters is 1. The van der Waals surface area contributed by atoms with Crippen molar-refractivity contribution in [1.29, 1.82) is 0 Å². The van der Waals surface area contributed by atoms with E-state index < -0.39 is 28.5 Å². The van der Waals surface area contributed by atoms with E-state index in [2.05, 4.69) is 15.5 Å². The molecule has 0 aliphatic heterocycles. The summed E-state index contributed by atoms with van der Waals surface area (Å²) >= 11 is 0. The van der Waals surface area contributed by atoms with Crippen molar-refractivity contribution in [3.8, 4) is 22.6 Å². The molecule has 0 atom stereocenters. The van der Waals surface area contributed by atoms with Gasteiger partial charge in [0.05, 0.1) is 34.4 Å². The summed E-state index contributed by atoms with van der Waals surface area (Å²) in [4.78, 5) is 38.8. The molecule has 10 nitrogen and oxygen atoms in total. The number of rotatable bonds is 9. The molecule has 2 N–H and O–H groups in total. The first-order valence-corrected chi connectivity index (χ1v) is 13.4. The lowest BCUT2D eigenvalue weighted by Gasteiger charge is -2.11. The molecule has 228 valence electrons. The molecule has 1 aromatic heterocycles. The highest BCUT2D eigenvalue weighted by Crippen LogP contribution is 2.39. The number of non-ortho nitro benzene ring substituents is 1. The zero-order valence-corrected chi connectivity index (χ0v) is 23.4. The predicted molar refractivity (Wildman–Crippen MR) is 159 cm³/mol. The van der Waals surface area contributed by atoms with Crippen LogP contribution in [0.3, 0.4) is 0 Å². The van der Waals surface area contributed by atoms with Gasteiger partial charge in [-0.25, -0.2) is 10.2 Å². The average molecular weight is 617 g/mol. The number of aromatic amines is 1. The number of H-pyrrole nitrogens is 1. The summed E-state index contributed by atoms with van der Waals surface area (Å²) in [6.45, 7) is 1.94. The topological polar surface area (TPSA) is 136 Å². The van der Waals surface area contributed by atoms with Gasteiger partial charge in [-0.2, -0.15) is 18.3 Å². The van der Waals surface area contributed by atoms with Gasteiger partial charge in [-0.05, 0) is 54.4 Å². The van der Waals surface area contributed by atoms with Crippen molar-refractivity contribution in [2.45, 2.75) is 13.1 Å². The number of nitro benzene ring substituents is 1. The molecule has 0 aliphatic rings. The maximum Gasteiger partial charge on any atom is 0.418 e. The maximum absolute atomic E-state index is 13.8. The highest BCUT2D eigenvalue weighted by Gasteiger charge is 2.34. The van der Waals surface area contributed by atoms with Crippen LogP contribution in [0.1, 0.15) is 38.9 Å². The molecule has 5 rings (SSSR count). The zero-order chi connectivity index (χ0) is 32.1. The van der Waals surface area contributed by atoms with E-state index in [4.69, 9.17) is 9.47 Å². The van der Waals surface area contributed by atoms with Crippen LogP contribution < -0.4 is 14.9 Å². The van der Waals surface area contributed by atoms with Crippen molar-refractivity contribution in [1.82, 2.24) is 10.4 Å². The first-order valence-electron chi connectivity index (χ1n) is 13.4. The Hall–Kier alpha value is -5.98. The van der Waals surface area contributed by atoms with E-state index in [9.17, 15) is 32.9 Å². The third-order valence-electron chi connectivity index (χ3n) is 6.59. The Labute approximate surface area is 253 Å². The molecule has 0 fully saturated rings. The summed E-state index contributed by atoms with van der Waals surface area (Å²) in [7, 11) is 0. The lowest BCUT2D eigenvalue weighted by atomic mass is 10.0. The fourth-order valence-corrected chi connectivity index (χ4v) is 4.59. The number of halogens is 3. The summed E-state index contributed by atoms with van der Waals surface area (Å²) in [5.74, 6) is -1.27. The number of nitrogens with one attached hydrogen (secondary N) is 2. The number of ether oxygens (including phenoxy) is 2. The number of alkyl halides is 3. The number of nitro groups is 1. The Morgan fingerprint density at radius 2 is 1.71 bits per heavy atom. The second kappa shape index (κ2) is 12.7. The Kier molecular flexibility index (Phi) is 8.61. The maximum atomic E-state index is 13.8. The van der Waals surface area contributed by atoms with Crippen LogP contribution in [0.2, 0.25) is 0 Å². The fraction of sp³-hybridized carbons (Fsp3) is 0.0938. The van der Waals surface area contributed by atoms with Crippen molar-refractivity contribution >= 4 is 34.7 Å². The number of aromatic nitrogens is 1. The number of hydrogen-bond donors (Lipinski definition) is 2. The molecule has 0 bridgehead atoms. The summed E-state index contributed by atoms with van der Waals surface area (Å²) in [5, 5.41) is 15.1. The molecular weight excluding hydrogens is 593 g/mol. The SMILES string of the molecule is CCOc1cc(C=NNC(=O)c2[nH]c3c(C(F)(F)F)cccc3c2-c2ccccc2)ccc1OC(=O)c1ccc([N+](=O)[O-])cc1. The second-order valence-electron chi connectivity index (χ2n) is 9.50. The predicted octanol–water partition coefficient (Wildman–Crippen LogP) is 7.14. The van der Waals surface area contributed by atoms with Gasteiger partial charge in [0.2, 0.25) is 0 Å². The molecule has 5 aromatic rings. The molecule has 0 aliphatic carbocycles. The first kappa shape index (κ1) is 30.5. The first-order chi connectivity index (χ1) is 21.6. The summed E-state index contributed by atoms with van der Waals surface area (Å²) in [6, 6.07) is 21.7. The number of benzene rings is 4. The normalized spacial score (nSPS) is 11.5. The molecular formula is C32H23F3N4O6. The Morgan fingerprint density at radius 1 is 0.978 bits per heavy atom. The molecule has 0 unspecified atom stereocenters. The van der Waals surface area contributed by atoms with Gasteiger partial charge in [0.1, 0.15) is 5.69 Å². The Morgan fingerprint density at radius 3 is 2.38 bits per heavy atom. The number of amides is 1. The fourth-order valence-electron chi connectivity index (χ4n) is 4.59. The van der Waals surface area contributed by atoms with Crippen LogP contribution in [0.15, 0.2) is 96.1 Å². The Bertz CT molecular complexity index is 1920. The molecule has 4 aromatic carbocycles. The highest BCUT2D eigenvalue weighted by atomic mass is 19.4. The van der Waals surface area contributed by atoms with Gasteiger partial charge in [0.15, 0.2) is 11.5 Å². The molecule has 45 heavy (non-hydrogen) atoms. The second-order valence-corrected chi connectivity index (χ2v) is 9.50. The number of carbonyl (C=O) groups is 2. The largest absolute Gasteiger partial charge is 0.490 e. The molecule has 0 saturated carbocycles. The molecule has 0 spiro atoms. The molecule has 0 radical (unpaired) electrons. The summed E-state index contributed by atoms with van der Waals surface area (Å²) in [6.07, 6.45) is -3.36. The van der Waals surface area contributed by atoms with Crippen LogP contribution in [0.4, 0.5) is 18.9 Å². The van der Waals surface area contributed by atoms with E-state index in [1.807, 2.05) is 0 Å². The smallest absolute Gasteiger partial charge is 0.418 e. The number of hydrogen-bond acceptors (Lipinski definition) is 7. The van der Waals surface area contributed by atoms with E-state index in [1.165, 1.54) is 60.8 Å². The number of carbonyl (C=O) groups excluding carboxylic acids is 2. The third kappa shape index (κ3) is 6.67. The van der Waals surface area contributed by atoms with Gasteiger partial charge in [0.25, 0.3) is 11.6 Å². The van der Waals surface area contributed by atoms with Gasteiger partial charge in [-0.3, -0.25) is 14.9 Å². The van der Waals surface area contributed by atoms with Gasteiger partial charge in [0, 0.05) is 23.1 Å². The van der Waals surface area contributed by atoms with E-state index in [0.29, 0.717) is 16.7 Å². The quantitative estimate of drug-likeness (QED) is 0.0594. The Balaban J connectivity index is 1.38. The average Bonchev–Trinajstić information content (AvgIpc) is 3.42. The van der Waals surface area contributed by atoms with Crippen LogP contribution >= 0.6 is 0 Å². The van der Waals surface area contributed by atoms with Crippen LogP contribution in [0, 0.1) is 10.1 Å². The van der Waals surface area contributed by atoms with Gasteiger partial charge in [-0.1, -0.05) is 42.5 Å². The monoisotopic (exact) mass is 616 g/mol. The minimum Gasteiger partial charge on any atom is -0.490 e. The van der Waals surface area contributed by atoms with Crippen molar-refractivity contribution in [3.63, 3.8) is 0 Å². The number of hydrazone groups is 1. The van der Waals surface area contributed by atoms with Crippen LogP contribution in [-0.2, 0) is 6.18 Å². The van der Waals surface area contributed by atoms with Crippen LogP contribution in [0.5, 0.6) is 11.5 Å². The number of nitrogens with zero attached hydrogens (tertiary/aromatic N) is 2. The summed E-state index contributed by atoms with van der Waals surface area (Å²) < 4.78 is 52.3. The molecule has 0 saturated heterocycles. The minimum atomic E-state index is -4.65. The standard InChI is InChI=1S/C32H23F3N4O6/c1-2-44-26-17-19(11-16-25(26)45-31(41)21-12-14-22(15-13-21)39(42)43)18-36-38-30(40)29-27(20-7-4-3-5-8-20)23-9-6-10-24(28(23)37-29)32(33,34)35/h3-18,37H,2H2,1H3,(H,38,40). The highest BCUT2D eigenvalue weighted by molar-refractivity contribution is 6.10. The van der Waals surface area contributed by atoms with Gasteiger partial charge < -0.3 is 14.5 Å². The van der Waals surface area contributed by atoms with Crippen molar-refractivity contribution < 1.29 is 37.2 Å². The molecule has 1 heterocycles. The lowest BCUT2D eigenvalue weighted by Crippen LogP contribution is -2.19. The molecule has 1 amide bonds.